The number of likely N-dealkylation sites (tertiary alicyclic amines) is 1. The van der Waals surface area contributed by atoms with Crippen molar-refractivity contribution in [3.05, 3.63) is 29.8 Å². The Balaban J connectivity index is 1.37. The molecule has 1 spiro atoms. The lowest BCUT2D eigenvalue weighted by atomic mass is 9.51. The first kappa shape index (κ1) is 16.6. The molecule has 2 atom stereocenters. The van der Waals surface area contributed by atoms with Crippen LogP contribution in [-0.4, -0.2) is 35.5 Å². The molecule has 1 heterocycles. The molecular weight excluding hydrogens is 316 g/mol. The normalized spacial score (nSPS) is 27.3. The maximum atomic E-state index is 11.7. The number of imide groups is 1. The second kappa shape index (κ2) is 6.45. The first-order chi connectivity index (χ1) is 12.1. The summed E-state index contributed by atoms with van der Waals surface area (Å²) in [5.41, 5.74) is 2.44. The van der Waals surface area contributed by atoms with Crippen LogP contribution in [0.2, 0.25) is 0 Å². The number of carbonyl (C=O) groups is 2. The lowest BCUT2D eigenvalue weighted by Crippen LogP contribution is -2.64. The molecule has 0 radical (unpaired) electrons. The third kappa shape index (κ3) is 2.84. The number of anilines is 1. The van der Waals surface area contributed by atoms with E-state index in [9.17, 15) is 9.59 Å². The van der Waals surface area contributed by atoms with E-state index in [0.717, 1.165) is 24.3 Å². The molecule has 2 aliphatic carbocycles. The van der Waals surface area contributed by atoms with Crippen molar-refractivity contribution in [2.45, 2.75) is 64.1 Å². The number of ether oxygens (including phenoxy) is 1. The molecule has 2 saturated carbocycles. The van der Waals surface area contributed by atoms with Gasteiger partial charge in [-0.1, -0.05) is 18.6 Å². The monoisotopic (exact) mass is 342 g/mol. The van der Waals surface area contributed by atoms with E-state index in [1.165, 1.54) is 24.2 Å². The molecule has 1 saturated heterocycles. The maximum Gasteiger partial charge on any atom is 0.229 e. The number of benzene rings is 1. The van der Waals surface area contributed by atoms with Crippen molar-refractivity contribution in [1.29, 1.82) is 0 Å². The topological polar surface area (TPSA) is 58.6 Å². The van der Waals surface area contributed by atoms with Crippen LogP contribution in [0.15, 0.2) is 24.3 Å². The molecule has 134 valence electrons. The molecule has 5 heteroatoms. The Kier molecular flexibility index (Phi) is 4.28. The summed E-state index contributed by atoms with van der Waals surface area (Å²) in [5.74, 6) is -0.119. The molecule has 2 amide bonds. The average molecular weight is 342 g/mol. The van der Waals surface area contributed by atoms with Crippen LogP contribution >= 0.6 is 0 Å². The third-order valence-corrected chi connectivity index (χ3v) is 6.23. The molecule has 0 bridgehead atoms. The predicted octanol–water partition coefficient (Wildman–Crippen LogP) is 3.10. The molecule has 5 nitrogen and oxygen atoms in total. The van der Waals surface area contributed by atoms with Gasteiger partial charge in [0.2, 0.25) is 11.8 Å². The average Bonchev–Trinajstić information content (AvgIpc) is 2.86. The van der Waals surface area contributed by atoms with E-state index < -0.39 is 0 Å². The van der Waals surface area contributed by atoms with Gasteiger partial charge in [0.05, 0.1) is 12.6 Å². The highest BCUT2D eigenvalue weighted by Gasteiger charge is 2.58. The van der Waals surface area contributed by atoms with Gasteiger partial charge >= 0.3 is 0 Å². The number of carbonyl (C=O) groups excluding carboxylic acids is 2. The van der Waals surface area contributed by atoms with Crippen LogP contribution in [0.3, 0.4) is 0 Å². The molecule has 4 rings (SSSR count). The molecule has 3 aliphatic rings. The van der Waals surface area contributed by atoms with Gasteiger partial charge in [-0.25, -0.2) is 0 Å². The van der Waals surface area contributed by atoms with Gasteiger partial charge in [0, 0.05) is 36.6 Å². The summed E-state index contributed by atoms with van der Waals surface area (Å²) in [6.07, 6.45) is 6.01. The van der Waals surface area contributed by atoms with Crippen LogP contribution in [0.1, 0.15) is 51.0 Å². The third-order valence-electron chi connectivity index (χ3n) is 6.23. The van der Waals surface area contributed by atoms with E-state index in [1.54, 1.807) is 0 Å². The van der Waals surface area contributed by atoms with Crippen LogP contribution < -0.4 is 5.32 Å². The Morgan fingerprint density at radius 3 is 2.40 bits per heavy atom. The molecule has 1 aromatic rings. The van der Waals surface area contributed by atoms with Crippen LogP contribution in [0.5, 0.6) is 0 Å². The van der Waals surface area contributed by atoms with Gasteiger partial charge in [0.25, 0.3) is 0 Å². The number of nitrogens with one attached hydrogen (secondary N) is 1. The Morgan fingerprint density at radius 1 is 1.16 bits per heavy atom. The summed E-state index contributed by atoms with van der Waals surface area (Å²) in [5, 5.41) is 3.67. The van der Waals surface area contributed by atoms with Crippen molar-refractivity contribution in [2.75, 3.05) is 11.9 Å². The Labute approximate surface area is 148 Å². The van der Waals surface area contributed by atoms with Crippen molar-refractivity contribution in [1.82, 2.24) is 4.90 Å². The van der Waals surface area contributed by atoms with Gasteiger partial charge in [-0.15, -0.1) is 0 Å². The number of rotatable bonds is 6. The Morgan fingerprint density at radius 2 is 1.84 bits per heavy atom. The highest BCUT2D eigenvalue weighted by atomic mass is 16.5. The van der Waals surface area contributed by atoms with Gasteiger partial charge in [0.1, 0.15) is 0 Å². The number of hydrogen-bond donors (Lipinski definition) is 1. The van der Waals surface area contributed by atoms with Gasteiger partial charge < -0.3 is 10.1 Å². The van der Waals surface area contributed by atoms with E-state index in [-0.39, 0.29) is 11.8 Å². The minimum atomic E-state index is -0.0597. The highest BCUT2D eigenvalue weighted by molar-refractivity contribution is 6.01. The number of hydrogen-bond acceptors (Lipinski definition) is 4. The van der Waals surface area contributed by atoms with E-state index in [1.807, 2.05) is 12.1 Å². The zero-order valence-corrected chi connectivity index (χ0v) is 14.8. The van der Waals surface area contributed by atoms with Crippen molar-refractivity contribution >= 4 is 17.5 Å². The van der Waals surface area contributed by atoms with Gasteiger partial charge in [0.15, 0.2) is 0 Å². The van der Waals surface area contributed by atoms with Crippen molar-refractivity contribution < 1.29 is 14.3 Å². The molecule has 0 aromatic heterocycles. The predicted molar refractivity (Wildman–Crippen MR) is 95.0 cm³/mol. The summed E-state index contributed by atoms with van der Waals surface area (Å²) in [6, 6.07) is 8.62. The summed E-state index contributed by atoms with van der Waals surface area (Å²) in [4.78, 5) is 24.8. The fraction of sp³-hybridized carbons (Fsp3) is 0.600. The molecule has 3 fully saturated rings. The quantitative estimate of drug-likeness (QED) is 0.807. The number of amides is 2. The zero-order valence-electron chi connectivity index (χ0n) is 14.8. The minimum absolute atomic E-state index is 0.0597. The minimum Gasteiger partial charge on any atom is -0.382 e. The van der Waals surface area contributed by atoms with Crippen molar-refractivity contribution in [3.63, 3.8) is 0 Å². The van der Waals surface area contributed by atoms with Crippen LogP contribution in [0.4, 0.5) is 5.69 Å². The molecule has 1 aromatic carbocycles. The second-order valence-electron chi connectivity index (χ2n) is 7.53. The van der Waals surface area contributed by atoms with E-state index in [2.05, 4.69) is 24.4 Å². The first-order valence-electron chi connectivity index (χ1n) is 9.42. The van der Waals surface area contributed by atoms with Gasteiger partial charge in [-0.2, -0.15) is 0 Å². The summed E-state index contributed by atoms with van der Waals surface area (Å²) in [6.45, 7) is 3.25. The van der Waals surface area contributed by atoms with E-state index >= 15 is 0 Å². The smallest absolute Gasteiger partial charge is 0.229 e. The molecule has 25 heavy (non-hydrogen) atoms. The molecule has 1 aliphatic heterocycles. The van der Waals surface area contributed by atoms with Crippen LogP contribution in [0, 0.1) is 5.41 Å². The Bertz CT molecular complexity index is 650. The zero-order chi connectivity index (χ0) is 17.4. The summed E-state index contributed by atoms with van der Waals surface area (Å²) in [7, 11) is 0. The van der Waals surface area contributed by atoms with Crippen LogP contribution in [0.25, 0.3) is 0 Å². The molecular formula is C20H26N2O3. The fourth-order valence-electron chi connectivity index (χ4n) is 4.53. The molecule has 2 unspecified atom stereocenters. The van der Waals surface area contributed by atoms with Gasteiger partial charge in [-0.05, 0) is 43.9 Å². The lowest BCUT2D eigenvalue weighted by molar-refractivity contribution is -0.157. The van der Waals surface area contributed by atoms with Gasteiger partial charge in [-0.3, -0.25) is 14.5 Å². The number of nitrogens with zero attached hydrogens (tertiary/aromatic N) is 1. The largest absolute Gasteiger partial charge is 0.382 e. The molecule has 1 N–H and O–H groups in total. The van der Waals surface area contributed by atoms with Crippen molar-refractivity contribution in [3.8, 4) is 0 Å². The highest BCUT2D eigenvalue weighted by Crippen LogP contribution is 2.58. The first-order valence-corrected chi connectivity index (χ1v) is 9.42. The Hall–Kier alpha value is -1.88. The standard InChI is InChI=1S/C20H26N2O3/c1-2-25-17-12-16(20(17)10-3-11-20)21-15-6-4-14(5-7-15)13-22-18(23)8-9-19(22)24/h4-7,16-17,21H,2-3,8-13H2,1H3. The summed E-state index contributed by atoms with van der Waals surface area (Å²) >= 11 is 0. The summed E-state index contributed by atoms with van der Waals surface area (Å²) < 4.78 is 5.91. The van der Waals surface area contributed by atoms with E-state index in [0.29, 0.717) is 36.9 Å². The van der Waals surface area contributed by atoms with Crippen molar-refractivity contribution in [2.24, 2.45) is 5.41 Å². The van der Waals surface area contributed by atoms with Crippen LogP contribution in [-0.2, 0) is 20.9 Å². The maximum absolute atomic E-state index is 11.7. The fourth-order valence-corrected chi connectivity index (χ4v) is 4.53. The second-order valence-corrected chi connectivity index (χ2v) is 7.53. The SMILES string of the molecule is CCOC1CC(Nc2ccc(CN3C(=O)CCC3=O)cc2)C12CCC2. The lowest BCUT2D eigenvalue weighted by Gasteiger charge is -2.61. The van der Waals surface area contributed by atoms with E-state index in [4.69, 9.17) is 4.74 Å².